The molecule has 0 radical (unpaired) electrons. The SMILES string of the molecule is CC(N)C1CN(Cc2ccc(Cl)c([N+](=O)[O-])c2)CCO1. The van der Waals surface area contributed by atoms with Crippen molar-refractivity contribution in [2.24, 2.45) is 5.73 Å². The fraction of sp³-hybridized carbons (Fsp3) is 0.538. The fourth-order valence-corrected chi connectivity index (χ4v) is 2.43. The van der Waals surface area contributed by atoms with E-state index in [2.05, 4.69) is 4.90 Å². The third-order valence-corrected chi connectivity index (χ3v) is 3.70. The molecule has 0 aromatic heterocycles. The van der Waals surface area contributed by atoms with E-state index in [1.165, 1.54) is 6.07 Å². The number of nitro benzene ring substituents is 1. The van der Waals surface area contributed by atoms with Crippen LogP contribution < -0.4 is 5.73 Å². The number of nitrogens with two attached hydrogens (primary N) is 1. The minimum atomic E-state index is -0.462. The number of nitro groups is 1. The maximum absolute atomic E-state index is 10.9. The lowest BCUT2D eigenvalue weighted by Crippen LogP contribution is -2.49. The number of hydrogen-bond donors (Lipinski definition) is 1. The van der Waals surface area contributed by atoms with Gasteiger partial charge in [0.25, 0.3) is 5.69 Å². The van der Waals surface area contributed by atoms with Crippen molar-refractivity contribution < 1.29 is 9.66 Å². The zero-order valence-corrected chi connectivity index (χ0v) is 12.0. The molecule has 2 unspecified atom stereocenters. The lowest BCUT2D eigenvalue weighted by Gasteiger charge is -2.34. The number of ether oxygens (including phenoxy) is 1. The third-order valence-electron chi connectivity index (χ3n) is 3.38. The van der Waals surface area contributed by atoms with Crippen molar-refractivity contribution in [1.82, 2.24) is 4.90 Å². The number of nitrogens with zero attached hydrogens (tertiary/aromatic N) is 2. The summed E-state index contributed by atoms with van der Waals surface area (Å²) in [6, 6.07) is 4.88. The molecule has 2 N–H and O–H groups in total. The highest BCUT2D eigenvalue weighted by molar-refractivity contribution is 6.32. The first kappa shape index (κ1) is 15.2. The summed E-state index contributed by atoms with van der Waals surface area (Å²) in [6.07, 6.45) is 0.00559. The molecule has 0 saturated carbocycles. The Morgan fingerprint density at radius 3 is 3.05 bits per heavy atom. The molecule has 1 aromatic rings. The average molecular weight is 300 g/mol. The van der Waals surface area contributed by atoms with Crippen LogP contribution in [0.1, 0.15) is 12.5 Å². The molecule has 0 bridgehead atoms. The van der Waals surface area contributed by atoms with Crippen molar-refractivity contribution in [3.8, 4) is 0 Å². The molecular weight excluding hydrogens is 282 g/mol. The van der Waals surface area contributed by atoms with Crippen LogP contribution >= 0.6 is 11.6 Å². The maximum atomic E-state index is 10.9. The third kappa shape index (κ3) is 3.67. The van der Waals surface area contributed by atoms with E-state index in [0.29, 0.717) is 13.2 Å². The van der Waals surface area contributed by atoms with Crippen molar-refractivity contribution in [2.75, 3.05) is 19.7 Å². The van der Waals surface area contributed by atoms with Crippen LogP contribution in [0.3, 0.4) is 0 Å². The van der Waals surface area contributed by atoms with Crippen molar-refractivity contribution in [1.29, 1.82) is 0 Å². The van der Waals surface area contributed by atoms with Gasteiger partial charge < -0.3 is 10.5 Å². The van der Waals surface area contributed by atoms with Crippen LogP contribution in [0, 0.1) is 10.1 Å². The van der Waals surface area contributed by atoms with E-state index in [4.69, 9.17) is 22.1 Å². The predicted molar refractivity (Wildman–Crippen MR) is 76.8 cm³/mol. The van der Waals surface area contributed by atoms with Crippen molar-refractivity contribution in [3.63, 3.8) is 0 Å². The van der Waals surface area contributed by atoms with Crippen LogP contribution in [0.25, 0.3) is 0 Å². The van der Waals surface area contributed by atoms with Gasteiger partial charge in [0.2, 0.25) is 0 Å². The Morgan fingerprint density at radius 1 is 1.65 bits per heavy atom. The number of morpholine rings is 1. The molecule has 0 aliphatic carbocycles. The predicted octanol–water partition coefficient (Wildman–Crippen LogP) is 1.80. The lowest BCUT2D eigenvalue weighted by molar-refractivity contribution is -0.384. The van der Waals surface area contributed by atoms with Gasteiger partial charge >= 0.3 is 0 Å². The van der Waals surface area contributed by atoms with E-state index >= 15 is 0 Å². The largest absolute Gasteiger partial charge is 0.374 e. The molecule has 0 spiro atoms. The smallest absolute Gasteiger partial charge is 0.288 e. The number of halogens is 1. The van der Waals surface area contributed by atoms with Gasteiger partial charge in [0.1, 0.15) is 5.02 Å². The Kier molecular flexibility index (Phi) is 4.93. The fourth-order valence-electron chi connectivity index (χ4n) is 2.25. The van der Waals surface area contributed by atoms with Crippen LogP contribution in [0.4, 0.5) is 5.69 Å². The first-order valence-corrected chi connectivity index (χ1v) is 6.87. The first-order chi connectivity index (χ1) is 9.47. The zero-order chi connectivity index (χ0) is 14.7. The standard InChI is InChI=1S/C13H18ClN3O3/c1-9(15)13-8-16(4-5-20-13)7-10-2-3-11(14)12(6-10)17(18)19/h2-3,6,9,13H,4-5,7-8,15H2,1H3. The summed E-state index contributed by atoms with van der Waals surface area (Å²) in [5.41, 5.74) is 6.66. The van der Waals surface area contributed by atoms with Gasteiger partial charge in [-0.3, -0.25) is 15.0 Å². The van der Waals surface area contributed by atoms with Crippen LogP contribution in [-0.2, 0) is 11.3 Å². The summed E-state index contributed by atoms with van der Waals surface area (Å²) in [5.74, 6) is 0. The topological polar surface area (TPSA) is 81.6 Å². The summed E-state index contributed by atoms with van der Waals surface area (Å²) in [6.45, 7) is 4.70. The molecule has 1 fully saturated rings. The van der Waals surface area contributed by atoms with E-state index in [1.54, 1.807) is 6.07 Å². The maximum Gasteiger partial charge on any atom is 0.288 e. The second kappa shape index (κ2) is 6.49. The van der Waals surface area contributed by atoms with E-state index in [9.17, 15) is 10.1 Å². The minimum Gasteiger partial charge on any atom is -0.374 e. The van der Waals surface area contributed by atoms with E-state index in [-0.39, 0.29) is 22.9 Å². The number of rotatable bonds is 4. The van der Waals surface area contributed by atoms with Crippen molar-refractivity contribution in [2.45, 2.75) is 25.6 Å². The molecule has 7 heteroatoms. The Labute approximate surface area is 122 Å². The van der Waals surface area contributed by atoms with E-state index in [1.807, 2.05) is 13.0 Å². The molecule has 110 valence electrons. The normalized spacial score (nSPS) is 21.6. The van der Waals surface area contributed by atoms with Gasteiger partial charge in [-0.1, -0.05) is 17.7 Å². The number of benzene rings is 1. The van der Waals surface area contributed by atoms with Gasteiger partial charge in [0.05, 0.1) is 17.6 Å². The van der Waals surface area contributed by atoms with Crippen LogP contribution in [0.5, 0.6) is 0 Å². The zero-order valence-electron chi connectivity index (χ0n) is 11.3. The molecular formula is C13H18ClN3O3. The molecule has 2 atom stereocenters. The quantitative estimate of drug-likeness (QED) is 0.677. The van der Waals surface area contributed by atoms with Gasteiger partial charge in [-0.05, 0) is 18.6 Å². The summed E-state index contributed by atoms with van der Waals surface area (Å²) < 4.78 is 5.59. The second-order valence-corrected chi connectivity index (χ2v) is 5.45. The Hall–Kier alpha value is -1.21. The summed E-state index contributed by atoms with van der Waals surface area (Å²) in [4.78, 5) is 12.6. The first-order valence-electron chi connectivity index (χ1n) is 6.49. The molecule has 2 rings (SSSR count). The highest BCUT2D eigenvalue weighted by Gasteiger charge is 2.24. The van der Waals surface area contributed by atoms with Gasteiger partial charge in [-0.15, -0.1) is 0 Å². The van der Waals surface area contributed by atoms with Gasteiger partial charge in [-0.25, -0.2) is 0 Å². The number of hydrogen-bond acceptors (Lipinski definition) is 5. The van der Waals surface area contributed by atoms with Gasteiger partial charge in [-0.2, -0.15) is 0 Å². The molecule has 1 heterocycles. The Morgan fingerprint density at radius 2 is 2.40 bits per heavy atom. The molecule has 1 aliphatic heterocycles. The molecule has 1 aromatic carbocycles. The minimum absolute atomic E-state index is 0.00559. The van der Waals surface area contributed by atoms with E-state index in [0.717, 1.165) is 18.7 Å². The molecule has 20 heavy (non-hydrogen) atoms. The summed E-state index contributed by atoms with van der Waals surface area (Å²) >= 11 is 5.81. The van der Waals surface area contributed by atoms with Crippen molar-refractivity contribution >= 4 is 17.3 Å². The van der Waals surface area contributed by atoms with E-state index < -0.39 is 4.92 Å². The highest BCUT2D eigenvalue weighted by atomic mass is 35.5. The average Bonchev–Trinajstić information content (AvgIpc) is 2.41. The monoisotopic (exact) mass is 299 g/mol. The second-order valence-electron chi connectivity index (χ2n) is 5.05. The Bertz CT molecular complexity index is 496. The van der Waals surface area contributed by atoms with Gasteiger partial charge in [0, 0.05) is 31.7 Å². The molecule has 1 aliphatic rings. The lowest BCUT2D eigenvalue weighted by atomic mass is 10.1. The summed E-state index contributed by atoms with van der Waals surface area (Å²) in [7, 11) is 0. The summed E-state index contributed by atoms with van der Waals surface area (Å²) in [5, 5.41) is 11.0. The molecule has 0 amide bonds. The van der Waals surface area contributed by atoms with Crippen LogP contribution in [0.2, 0.25) is 5.02 Å². The van der Waals surface area contributed by atoms with Gasteiger partial charge in [0.15, 0.2) is 0 Å². The van der Waals surface area contributed by atoms with Crippen molar-refractivity contribution in [3.05, 3.63) is 38.9 Å². The highest BCUT2D eigenvalue weighted by Crippen LogP contribution is 2.26. The molecule has 6 nitrogen and oxygen atoms in total. The Balaban J connectivity index is 2.06. The molecule has 1 saturated heterocycles. The van der Waals surface area contributed by atoms with Crippen LogP contribution in [0.15, 0.2) is 18.2 Å². The van der Waals surface area contributed by atoms with Crippen LogP contribution in [-0.4, -0.2) is 41.7 Å².